The third kappa shape index (κ3) is 3.73. The van der Waals surface area contributed by atoms with Crippen LogP contribution in [-0.4, -0.2) is 29.9 Å². The number of nitrogens with one attached hydrogen (secondary N) is 1. The molecule has 1 unspecified atom stereocenters. The lowest BCUT2D eigenvalue weighted by Crippen LogP contribution is -2.22. The van der Waals surface area contributed by atoms with E-state index in [2.05, 4.69) is 10.3 Å². The highest BCUT2D eigenvalue weighted by atomic mass is 35.5. The van der Waals surface area contributed by atoms with Crippen molar-refractivity contribution >= 4 is 23.2 Å². The fourth-order valence-corrected chi connectivity index (χ4v) is 2.32. The van der Waals surface area contributed by atoms with E-state index in [9.17, 15) is 4.79 Å². The Bertz CT molecular complexity index is 643. The summed E-state index contributed by atoms with van der Waals surface area (Å²) in [4.78, 5) is 17.5. The minimum Gasteiger partial charge on any atom is -0.378 e. The average molecular weight is 304 g/mol. The highest BCUT2D eigenvalue weighted by Gasteiger charge is 2.12. The second-order valence-electron chi connectivity index (χ2n) is 5.02. The standard InChI is InChI=1S/C16H18ClN3O/c1-11(13-6-4-5-7-14(13)17)19-12-8-9-18-15(10-12)16(21)20(2)3/h4-11H,1-3H3,(H,18,19). The average Bonchev–Trinajstić information content (AvgIpc) is 2.47. The van der Waals surface area contributed by atoms with E-state index in [4.69, 9.17) is 11.6 Å². The maximum atomic E-state index is 11.9. The first-order valence-electron chi connectivity index (χ1n) is 6.67. The summed E-state index contributed by atoms with van der Waals surface area (Å²) in [5.74, 6) is -0.121. The monoisotopic (exact) mass is 303 g/mol. The molecule has 21 heavy (non-hydrogen) atoms. The molecule has 0 bridgehead atoms. The molecule has 0 aliphatic heterocycles. The van der Waals surface area contributed by atoms with Crippen molar-refractivity contribution < 1.29 is 4.79 Å². The predicted octanol–water partition coefficient (Wildman–Crippen LogP) is 3.61. The van der Waals surface area contributed by atoms with Gasteiger partial charge in [0.1, 0.15) is 5.69 Å². The molecule has 0 spiro atoms. The van der Waals surface area contributed by atoms with E-state index in [-0.39, 0.29) is 11.9 Å². The van der Waals surface area contributed by atoms with Crippen molar-refractivity contribution in [3.63, 3.8) is 0 Å². The Labute approximate surface area is 129 Å². The van der Waals surface area contributed by atoms with Crippen molar-refractivity contribution in [2.75, 3.05) is 19.4 Å². The van der Waals surface area contributed by atoms with E-state index < -0.39 is 0 Å². The number of aromatic nitrogens is 1. The van der Waals surface area contributed by atoms with Crippen LogP contribution in [0.4, 0.5) is 5.69 Å². The number of hydrogen-bond acceptors (Lipinski definition) is 3. The zero-order valence-electron chi connectivity index (χ0n) is 12.3. The second kappa shape index (κ2) is 6.59. The van der Waals surface area contributed by atoms with Crippen LogP contribution < -0.4 is 5.32 Å². The smallest absolute Gasteiger partial charge is 0.272 e. The van der Waals surface area contributed by atoms with Gasteiger partial charge in [0, 0.05) is 37.0 Å². The van der Waals surface area contributed by atoms with Crippen molar-refractivity contribution in [1.29, 1.82) is 0 Å². The zero-order valence-corrected chi connectivity index (χ0v) is 13.1. The summed E-state index contributed by atoms with van der Waals surface area (Å²) in [5.41, 5.74) is 2.26. The number of hydrogen-bond donors (Lipinski definition) is 1. The molecule has 1 aromatic carbocycles. The Morgan fingerprint density at radius 3 is 2.67 bits per heavy atom. The van der Waals surface area contributed by atoms with Gasteiger partial charge >= 0.3 is 0 Å². The lowest BCUT2D eigenvalue weighted by atomic mass is 10.1. The van der Waals surface area contributed by atoms with Crippen LogP contribution in [0.2, 0.25) is 5.02 Å². The van der Waals surface area contributed by atoms with Crippen LogP contribution in [0.3, 0.4) is 0 Å². The van der Waals surface area contributed by atoms with E-state index in [1.165, 1.54) is 4.90 Å². The van der Waals surface area contributed by atoms with Crippen LogP contribution in [0, 0.1) is 0 Å². The third-order valence-corrected chi connectivity index (χ3v) is 3.48. The van der Waals surface area contributed by atoms with Crippen molar-refractivity contribution in [3.05, 3.63) is 58.9 Å². The highest BCUT2D eigenvalue weighted by Crippen LogP contribution is 2.25. The largest absolute Gasteiger partial charge is 0.378 e. The van der Waals surface area contributed by atoms with Crippen LogP contribution in [0.5, 0.6) is 0 Å². The number of amides is 1. The molecule has 0 fully saturated rings. The van der Waals surface area contributed by atoms with Gasteiger partial charge in [-0.3, -0.25) is 9.78 Å². The van der Waals surface area contributed by atoms with Crippen LogP contribution >= 0.6 is 11.6 Å². The number of anilines is 1. The van der Waals surface area contributed by atoms with Gasteiger partial charge in [0.15, 0.2) is 0 Å². The quantitative estimate of drug-likeness (QED) is 0.938. The number of halogens is 1. The summed E-state index contributed by atoms with van der Waals surface area (Å²) in [5, 5.41) is 4.06. The van der Waals surface area contributed by atoms with Gasteiger partial charge in [0.2, 0.25) is 0 Å². The summed E-state index contributed by atoms with van der Waals surface area (Å²) in [6.07, 6.45) is 1.62. The van der Waals surface area contributed by atoms with Crippen molar-refractivity contribution in [2.45, 2.75) is 13.0 Å². The normalized spacial score (nSPS) is 11.8. The predicted molar refractivity (Wildman–Crippen MR) is 85.7 cm³/mol. The maximum Gasteiger partial charge on any atom is 0.272 e. The fourth-order valence-electron chi connectivity index (χ4n) is 2.02. The second-order valence-corrected chi connectivity index (χ2v) is 5.42. The molecular formula is C16H18ClN3O. The van der Waals surface area contributed by atoms with Crippen LogP contribution in [0.25, 0.3) is 0 Å². The van der Waals surface area contributed by atoms with Gasteiger partial charge in [0.05, 0.1) is 0 Å². The molecule has 4 nitrogen and oxygen atoms in total. The third-order valence-electron chi connectivity index (χ3n) is 3.14. The molecule has 1 amide bonds. The Morgan fingerprint density at radius 2 is 2.00 bits per heavy atom. The Morgan fingerprint density at radius 1 is 1.29 bits per heavy atom. The number of carbonyl (C=O) groups is 1. The van der Waals surface area contributed by atoms with Gasteiger partial charge in [-0.2, -0.15) is 0 Å². The molecule has 1 N–H and O–H groups in total. The Balaban J connectivity index is 2.18. The number of nitrogens with zero attached hydrogens (tertiary/aromatic N) is 2. The van der Waals surface area contributed by atoms with Gasteiger partial charge in [-0.05, 0) is 30.7 Å². The topological polar surface area (TPSA) is 45.2 Å². The maximum absolute atomic E-state index is 11.9. The molecule has 0 aliphatic rings. The molecule has 0 saturated heterocycles. The number of benzene rings is 1. The molecular weight excluding hydrogens is 286 g/mol. The first kappa shape index (κ1) is 15.3. The molecule has 1 aromatic heterocycles. The number of carbonyl (C=O) groups excluding carboxylic acids is 1. The molecule has 0 saturated carbocycles. The Kier molecular flexibility index (Phi) is 4.81. The number of pyridine rings is 1. The van der Waals surface area contributed by atoms with Gasteiger partial charge in [-0.1, -0.05) is 29.8 Å². The van der Waals surface area contributed by atoms with Crippen LogP contribution in [0.15, 0.2) is 42.6 Å². The summed E-state index contributed by atoms with van der Waals surface area (Å²) in [6.45, 7) is 2.02. The lowest BCUT2D eigenvalue weighted by Gasteiger charge is -2.17. The fraction of sp³-hybridized carbons (Fsp3) is 0.250. The molecule has 0 radical (unpaired) electrons. The highest BCUT2D eigenvalue weighted by molar-refractivity contribution is 6.31. The molecule has 110 valence electrons. The van der Waals surface area contributed by atoms with Gasteiger partial charge in [-0.15, -0.1) is 0 Å². The van der Waals surface area contributed by atoms with E-state index in [0.717, 1.165) is 16.3 Å². The first-order chi connectivity index (χ1) is 9.99. The van der Waals surface area contributed by atoms with E-state index in [0.29, 0.717) is 5.69 Å². The van der Waals surface area contributed by atoms with Gasteiger partial charge in [0.25, 0.3) is 5.91 Å². The SMILES string of the molecule is CC(Nc1ccnc(C(=O)N(C)C)c1)c1ccccc1Cl. The van der Waals surface area contributed by atoms with E-state index >= 15 is 0 Å². The minimum atomic E-state index is -0.121. The molecule has 2 rings (SSSR count). The van der Waals surface area contributed by atoms with E-state index in [1.807, 2.05) is 37.3 Å². The van der Waals surface area contributed by atoms with Crippen molar-refractivity contribution in [1.82, 2.24) is 9.88 Å². The van der Waals surface area contributed by atoms with Crippen molar-refractivity contribution in [3.8, 4) is 0 Å². The minimum absolute atomic E-state index is 0.0309. The Hall–Kier alpha value is -2.07. The zero-order chi connectivity index (χ0) is 15.4. The summed E-state index contributed by atoms with van der Waals surface area (Å²) < 4.78 is 0. The van der Waals surface area contributed by atoms with Crippen molar-refractivity contribution in [2.24, 2.45) is 0 Å². The summed E-state index contributed by atoms with van der Waals surface area (Å²) in [6, 6.07) is 11.3. The summed E-state index contributed by atoms with van der Waals surface area (Å²) >= 11 is 6.20. The molecule has 1 heterocycles. The molecule has 2 aromatic rings. The number of rotatable bonds is 4. The van der Waals surface area contributed by atoms with E-state index in [1.54, 1.807) is 26.4 Å². The lowest BCUT2D eigenvalue weighted by molar-refractivity contribution is 0.0822. The molecule has 5 heteroatoms. The molecule has 0 aliphatic carbocycles. The first-order valence-corrected chi connectivity index (χ1v) is 7.05. The van der Waals surface area contributed by atoms with Gasteiger partial charge < -0.3 is 10.2 Å². The van der Waals surface area contributed by atoms with Crippen LogP contribution in [0.1, 0.15) is 29.0 Å². The van der Waals surface area contributed by atoms with Crippen LogP contribution in [-0.2, 0) is 0 Å². The van der Waals surface area contributed by atoms with Gasteiger partial charge in [-0.25, -0.2) is 0 Å². The molecule has 1 atom stereocenters. The summed E-state index contributed by atoms with van der Waals surface area (Å²) in [7, 11) is 3.41.